The molecular weight excluding hydrogens is 236 g/mol. The number of aliphatic hydroxyl groups is 1. The molecule has 17 heavy (non-hydrogen) atoms. The van der Waals surface area contributed by atoms with Gasteiger partial charge in [0.15, 0.2) is 0 Å². The number of thioether (sulfide) groups is 1. The molecule has 0 aromatic carbocycles. The second kappa shape index (κ2) is 6.41. The minimum absolute atomic E-state index is 0.456. The number of ether oxygens (including phenoxy) is 2. The van der Waals surface area contributed by atoms with Crippen molar-refractivity contribution in [1.29, 1.82) is 0 Å². The van der Waals surface area contributed by atoms with Gasteiger partial charge in [0.1, 0.15) is 0 Å². The Balaban J connectivity index is 1.61. The van der Waals surface area contributed by atoms with Gasteiger partial charge in [0, 0.05) is 23.7 Å². The summed E-state index contributed by atoms with van der Waals surface area (Å²) in [5.74, 6) is 0. The molecule has 2 fully saturated rings. The summed E-state index contributed by atoms with van der Waals surface area (Å²) in [4.78, 5) is 0. The van der Waals surface area contributed by atoms with Crippen LogP contribution in [0.4, 0.5) is 0 Å². The van der Waals surface area contributed by atoms with Gasteiger partial charge in [-0.3, -0.25) is 0 Å². The van der Waals surface area contributed by atoms with Crippen molar-refractivity contribution in [3.05, 3.63) is 0 Å². The van der Waals surface area contributed by atoms with Crippen molar-refractivity contribution in [3.8, 4) is 0 Å². The summed E-state index contributed by atoms with van der Waals surface area (Å²) in [6, 6.07) is 0. The molecule has 3 nitrogen and oxygen atoms in total. The van der Waals surface area contributed by atoms with E-state index in [2.05, 4.69) is 11.8 Å². The largest absolute Gasteiger partial charge is 0.390 e. The first-order valence-corrected chi connectivity index (χ1v) is 7.69. The highest BCUT2D eigenvalue weighted by Gasteiger charge is 2.42. The Bertz CT molecular complexity index is 223. The fourth-order valence-corrected chi connectivity index (χ4v) is 4.74. The smallest absolute Gasteiger partial charge is 0.0700 e. The number of rotatable bonds is 7. The Morgan fingerprint density at radius 3 is 2.41 bits per heavy atom. The molecule has 0 aliphatic carbocycles. The summed E-state index contributed by atoms with van der Waals surface area (Å²) in [5, 5.41) is 11.9. The van der Waals surface area contributed by atoms with Crippen molar-refractivity contribution in [3.63, 3.8) is 0 Å². The first kappa shape index (κ1) is 13.7. The third kappa shape index (κ3) is 4.12. The quantitative estimate of drug-likeness (QED) is 0.712. The molecule has 0 aromatic rings. The van der Waals surface area contributed by atoms with Crippen LogP contribution < -0.4 is 0 Å². The maximum Gasteiger partial charge on any atom is 0.0700 e. The molecule has 2 atom stereocenters. The van der Waals surface area contributed by atoms with Crippen LogP contribution >= 0.6 is 11.8 Å². The van der Waals surface area contributed by atoms with E-state index in [0.29, 0.717) is 30.3 Å². The molecule has 4 heteroatoms. The van der Waals surface area contributed by atoms with E-state index in [0.717, 1.165) is 25.9 Å². The number of hydrogen-bond acceptors (Lipinski definition) is 4. The average molecular weight is 260 g/mol. The van der Waals surface area contributed by atoms with Crippen molar-refractivity contribution in [2.75, 3.05) is 26.4 Å². The van der Waals surface area contributed by atoms with Gasteiger partial charge in [-0.05, 0) is 39.0 Å². The Kier molecular flexibility index (Phi) is 5.15. The van der Waals surface area contributed by atoms with Gasteiger partial charge in [-0.15, -0.1) is 0 Å². The monoisotopic (exact) mass is 260 g/mol. The zero-order valence-corrected chi connectivity index (χ0v) is 11.5. The Labute approximate surface area is 108 Å². The zero-order valence-electron chi connectivity index (χ0n) is 10.7. The van der Waals surface area contributed by atoms with E-state index in [1.54, 1.807) is 0 Å². The minimum atomic E-state index is -0.456. The number of hydrogen-bond donors (Lipinski definition) is 1. The molecular formula is C13H24O3S. The van der Waals surface area contributed by atoms with Crippen molar-refractivity contribution >= 4 is 11.8 Å². The summed E-state index contributed by atoms with van der Waals surface area (Å²) in [5.41, 5.74) is -0.456. The predicted molar refractivity (Wildman–Crippen MR) is 70.5 cm³/mol. The lowest BCUT2D eigenvalue weighted by molar-refractivity contribution is -0.0211. The molecule has 2 saturated heterocycles. The molecule has 0 radical (unpaired) electrons. The maximum absolute atomic E-state index is 10.5. The Hall–Kier alpha value is 0.230. The summed E-state index contributed by atoms with van der Waals surface area (Å²) in [7, 11) is 0. The van der Waals surface area contributed by atoms with Crippen molar-refractivity contribution < 1.29 is 14.6 Å². The van der Waals surface area contributed by atoms with Gasteiger partial charge in [-0.2, -0.15) is 11.8 Å². The van der Waals surface area contributed by atoms with E-state index in [4.69, 9.17) is 9.47 Å². The highest BCUT2D eigenvalue weighted by atomic mass is 32.2. The molecule has 2 rings (SSSR count). The fourth-order valence-electron chi connectivity index (χ4n) is 2.84. The lowest BCUT2D eigenvalue weighted by Crippen LogP contribution is -2.38. The molecule has 2 unspecified atom stereocenters. The van der Waals surface area contributed by atoms with Crippen LogP contribution in [0.1, 0.15) is 39.0 Å². The molecule has 0 amide bonds. The van der Waals surface area contributed by atoms with Crippen LogP contribution in [0.5, 0.6) is 0 Å². The van der Waals surface area contributed by atoms with E-state index < -0.39 is 5.60 Å². The molecule has 0 spiro atoms. The highest BCUT2D eigenvalue weighted by Crippen LogP contribution is 2.48. The molecule has 1 N–H and O–H groups in total. The van der Waals surface area contributed by atoms with Crippen LogP contribution in [-0.4, -0.2) is 47.6 Å². The van der Waals surface area contributed by atoms with E-state index >= 15 is 0 Å². The molecule has 2 heterocycles. The van der Waals surface area contributed by atoms with Crippen molar-refractivity contribution in [1.82, 2.24) is 0 Å². The van der Waals surface area contributed by atoms with Gasteiger partial charge in [-0.25, -0.2) is 0 Å². The van der Waals surface area contributed by atoms with Crippen LogP contribution in [0.2, 0.25) is 0 Å². The van der Waals surface area contributed by atoms with Gasteiger partial charge in [0.05, 0.1) is 18.8 Å². The highest BCUT2D eigenvalue weighted by molar-refractivity contribution is 8.00. The van der Waals surface area contributed by atoms with Crippen LogP contribution in [-0.2, 0) is 9.47 Å². The summed E-state index contributed by atoms with van der Waals surface area (Å²) >= 11 is 2.08. The lowest BCUT2D eigenvalue weighted by atomic mass is 9.90. The van der Waals surface area contributed by atoms with Crippen LogP contribution in [0.15, 0.2) is 0 Å². The zero-order chi connectivity index (χ0) is 12.1. The second-order valence-electron chi connectivity index (χ2n) is 5.15. The second-order valence-corrected chi connectivity index (χ2v) is 6.75. The first-order chi connectivity index (χ1) is 8.22. The molecule has 0 aromatic heterocycles. The first-order valence-electron chi connectivity index (χ1n) is 6.75. The standard InChI is InChI=1S/C13H24O3S/c1-2-15-7-8-16-6-5-13(14)9-11-3-4-12(10-13)17-11/h11-12,14H,2-10H2,1H3. The van der Waals surface area contributed by atoms with E-state index in [1.807, 2.05) is 6.92 Å². The average Bonchev–Trinajstić information content (AvgIpc) is 2.64. The van der Waals surface area contributed by atoms with E-state index in [-0.39, 0.29) is 0 Å². The molecule has 2 aliphatic rings. The van der Waals surface area contributed by atoms with E-state index in [9.17, 15) is 5.11 Å². The molecule has 100 valence electrons. The Morgan fingerprint density at radius 2 is 1.76 bits per heavy atom. The summed E-state index contributed by atoms with van der Waals surface area (Å²) in [6.45, 7) is 4.70. The van der Waals surface area contributed by atoms with Crippen LogP contribution in [0.3, 0.4) is 0 Å². The van der Waals surface area contributed by atoms with Crippen LogP contribution in [0, 0.1) is 0 Å². The maximum atomic E-state index is 10.5. The number of fused-ring (bicyclic) bond motifs is 2. The van der Waals surface area contributed by atoms with Crippen molar-refractivity contribution in [2.24, 2.45) is 0 Å². The molecule has 0 saturated carbocycles. The Morgan fingerprint density at radius 1 is 1.12 bits per heavy atom. The van der Waals surface area contributed by atoms with Gasteiger partial charge in [0.2, 0.25) is 0 Å². The third-order valence-electron chi connectivity index (χ3n) is 3.70. The topological polar surface area (TPSA) is 38.7 Å². The van der Waals surface area contributed by atoms with Gasteiger partial charge in [0.25, 0.3) is 0 Å². The van der Waals surface area contributed by atoms with E-state index in [1.165, 1.54) is 12.8 Å². The minimum Gasteiger partial charge on any atom is -0.390 e. The van der Waals surface area contributed by atoms with Gasteiger partial charge in [-0.1, -0.05) is 0 Å². The fraction of sp³-hybridized carbons (Fsp3) is 1.00. The SMILES string of the molecule is CCOCCOCCC1(O)CC2CCC(C1)S2. The van der Waals surface area contributed by atoms with Gasteiger partial charge < -0.3 is 14.6 Å². The lowest BCUT2D eigenvalue weighted by Gasteiger charge is -2.36. The molecule has 2 aliphatic heterocycles. The summed E-state index contributed by atoms with van der Waals surface area (Å²) in [6.07, 6.45) is 5.30. The normalized spacial score (nSPS) is 36.4. The summed E-state index contributed by atoms with van der Waals surface area (Å²) < 4.78 is 10.7. The molecule has 2 bridgehead atoms. The predicted octanol–water partition coefficient (Wildman–Crippen LogP) is 2.22. The van der Waals surface area contributed by atoms with Gasteiger partial charge >= 0.3 is 0 Å². The van der Waals surface area contributed by atoms with Crippen molar-refractivity contribution in [2.45, 2.75) is 55.1 Å². The third-order valence-corrected chi connectivity index (χ3v) is 5.27. The van der Waals surface area contributed by atoms with Crippen LogP contribution in [0.25, 0.3) is 0 Å².